The largest absolute Gasteiger partial charge is 0.481 e. The Morgan fingerprint density at radius 3 is 2.56 bits per heavy atom. The Hall–Kier alpha value is -1.26. The van der Waals surface area contributed by atoms with E-state index in [1.807, 2.05) is 0 Å². The van der Waals surface area contributed by atoms with Crippen molar-refractivity contribution in [3.05, 3.63) is 0 Å². The second-order valence-electron chi connectivity index (χ2n) is 5.66. The van der Waals surface area contributed by atoms with E-state index in [1.54, 1.807) is 11.8 Å². The standard InChI is InChI=1S/C13H21NO4/c1-13(8-11(15)16)9-14(12(17)18-13)10-6-4-2-3-5-7-10/h10H,2-9H2,1H3,(H,15,16). The molecule has 2 rings (SSSR count). The third-order valence-electron chi connectivity index (χ3n) is 3.86. The van der Waals surface area contributed by atoms with Crippen molar-refractivity contribution in [2.75, 3.05) is 6.54 Å². The van der Waals surface area contributed by atoms with E-state index in [9.17, 15) is 9.59 Å². The fraction of sp³-hybridized carbons (Fsp3) is 0.846. The molecule has 2 fully saturated rings. The summed E-state index contributed by atoms with van der Waals surface area (Å²) in [6, 6.07) is 0.232. The summed E-state index contributed by atoms with van der Waals surface area (Å²) < 4.78 is 5.27. The Kier molecular flexibility index (Phi) is 3.78. The van der Waals surface area contributed by atoms with E-state index in [-0.39, 0.29) is 18.6 Å². The molecule has 0 bridgehead atoms. The van der Waals surface area contributed by atoms with Crippen LogP contribution in [-0.2, 0) is 9.53 Å². The average molecular weight is 255 g/mol. The SMILES string of the molecule is CC1(CC(=O)O)CN(C2CCCCCC2)C(=O)O1. The molecule has 1 heterocycles. The minimum atomic E-state index is -0.923. The zero-order chi connectivity index (χ0) is 13.2. The lowest BCUT2D eigenvalue weighted by Crippen LogP contribution is -2.39. The minimum absolute atomic E-state index is 0.123. The summed E-state index contributed by atoms with van der Waals surface area (Å²) in [6.45, 7) is 2.11. The molecule has 1 unspecified atom stereocenters. The number of cyclic esters (lactones) is 1. The van der Waals surface area contributed by atoms with E-state index in [0.717, 1.165) is 25.7 Å². The first kappa shape index (κ1) is 13.2. The van der Waals surface area contributed by atoms with Crippen LogP contribution in [0.4, 0.5) is 4.79 Å². The molecular weight excluding hydrogens is 234 g/mol. The maximum atomic E-state index is 11.9. The van der Waals surface area contributed by atoms with Crippen molar-refractivity contribution in [3.63, 3.8) is 0 Å². The van der Waals surface area contributed by atoms with Gasteiger partial charge in [-0.05, 0) is 19.8 Å². The van der Waals surface area contributed by atoms with Crippen LogP contribution in [0.2, 0.25) is 0 Å². The van der Waals surface area contributed by atoms with E-state index in [1.165, 1.54) is 12.8 Å². The van der Waals surface area contributed by atoms with Gasteiger partial charge in [0.25, 0.3) is 0 Å². The summed E-state index contributed by atoms with van der Waals surface area (Å²) in [6.07, 6.45) is 6.30. The van der Waals surface area contributed by atoms with Gasteiger partial charge in [0.15, 0.2) is 0 Å². The van der Waals surface area contributed by atoms with Crippen molar-refractivity contribution in [2.24, 2.45) is 0 Å². The normalized spacial score (nSPS) is 30.1. The fourth-order valence-electron chi connectivity index (χ4n) is 2.99. The van der Waals surface area contributed by atoms with E-state index < -0.39 is 11.6 Å². The van der Waals surface area contributed by atoms with Crippen molar-refractivity contribution in [1.29, 1.82) is 0 Å². The highest BCUT2D eigenvalue weighted by atomic mass is 16.6. The molecule has 5 heteroatoms. The number of carbonyl (C=O) groups excluding carboxylic acids is 1. The third kappa shape index (κ3) is 2.94. The van der Waals surface area contributed by atoms with Gasteiger partial charge in [0.1, 0.15) is 5.60 Å². The monoisotopic (exact) mass is 255 g/mol. The van der Waals surface area contributed by atoms with Crippen molar-refractivity contribution in [1.82, 2.24) is 4.90 Å². The Balaban J connectivity index is 2.01. The molecule has 5 nitrogen and oxygen atoms in total. The zero-order valence-corrected chi connectivity index (χ0v) is 10.9. The van der Waals surface area contributed by atoms with Crippen LogP contribution in [0, 0.1) is 0 Å². The van der Waals surface area contributed by atoms with Crippen LogP contribution < -0.4 is 0 Å². The molecule has 1 saturated heterocycles. The number of nitrogens with zero attached hydrogens (tertiary/aromatic N) is 1. The van der Waals surface area contributed by atoms with Gasteiger partial charge in [-0.25, -0.2) is 4.79 Å². The van der Waals surface area contributed by atoms with Crippen molar-refractivity contribution >= 4 is 12.1 Å². The van der Waals surface area contributed by atoms with Gasteiger partial charge in [0.2, 0.25) is 0 Å². The third-order valence-corrected chi connectivity index (χ3v) is 3.86. The second kappa shape index (κ2) is 5.16. The van der Waals surface area contributed by atoms with Gasteiger partial charge in [-0.2, -0.15) is 0 Å². The minimum Gasteiger partial charge on any atom is -0.481 e. The van der Waals surface area contributed by atoms with E-state index >= 15 is 0 Å². The lowest BCUT2D eigenvalue weighted by Gasteiger charge is -2.25. The van der Waals surface area contributed by atoms with Crippen LogP contribution in [0.3, 0.4) is 0 Å². The maximum absolute atomic E-state index is 11.9. The molecule has 1 N–H and O–H groups in total. The highest BCUT2D eigenvalue weighted by Gasteiger charge is 2.45. The first-order valence-corrected chi connectivity index (χ1v) is 6.72. The Labute approximate surface area is 107 Å². The van der Waals surface area contributed by atoms with Gasteiger partial charge in [-0.3, -0.25) is 4.79 Å². The number of carboxylic acids is 1. The van der Waals surface area contributed by atoms with Crippen LogP contribution in [-0.4, -0.2) is 40.3 Å². The highest BCUT2D eigenvalue weighted by Crippen LogP contribution is 2.31. The molecule has 102 valence electrons. The topological polar surface area (TPSA) is 66.8 Å². The molecule has 0 aromatic rings. The van der Waals surface area contributed by atoms with Gasteiger partial charge in [0, 0.05) is 6.04 Å². The summed E-state index contributed by atoms with van der Waals surface area (Å²) in [5, 5.41) is 8.86. The van der Waals surface area contributed by atoms with Crippen LogP contribution in [0.25, 0.3) is 0 Å². The molecule has 1 atom stereocenters. The summed E-state index contributed by atoms with van der Waals surface area (Å²) in [4.78, 5) is 24.4. The Bertz CT molecular complexity index is 336. The quantitative estimate of drug-likeness (QED) is 0.786. The van der Waals surface area contributed by atoms with Crippen LogP contribution >= 0.6 is 0 Å². The van der Waals surface area contributed by atoms with Crippen molar-refractivity contribution in [2.45, 2.75) is 63.5 Å². The van der Waals surface area contributed by atoms with Gasteiger partial charge in [-0.1, -0.05) is 25.7 Å². The summed E-state index contributed by atoms with van der Waals surface area (Å²) in [7, 11) is 0. The van der Waals surface area contributed by atoms with E-state index in [2.05, 4.69) is 0 Å². The Morgan fingerprint density at radius 1 is 1.39 bits per heavy atom. The van der Waals surface area contributed by atoms with Crippen molar-refractivity contribution < 1.29 is 19.4 Å². The first-order valence-electron chi connectivity index (χ1n) is 6.72. The van der Waals surface area contributed by atoms with Crippen LogP contribution in [0.5, 0.6) is 0 Å². The smallest absolute Gasteiger partial charge is 0.410 e. The summed E-state index contributed by atoms with van der Waals surface area (Å²) in [5.41, 5.74) is -0.866. The number of amides is 1. The Morgan fingerprint density at radius 2 is 2.00 bits per heavy atom. The number of ether oxygens (including phenoxy) is 1. The predicted octanol–water partition coefficient (Wildman–Crippen LogP) is 2.39. The number of hydrogen-bond donors (Lipinski definition) is 1. The molecule has 1 saturated carbocycles. The van der Waals surface area contributed by atoms with Crippen LogP contribution in [0.1, 0.15) is 51.9 Å². The molecule has 1 aliphatic heterocycles. The van der Waals surface area contributed by atoms with Crippen LogP contribution in [0.15, 0.2) is 0 Å². The molecule has 0 aromatic carbocycles. The van der Waals surface area contributed by atoms with Gasteiger partial charge in [-0.15, -0.1) is 0 Å². The molecule has 0 spiro atoms. The predicted molar refractivity (Wildman–Crippen MR) is 65.3 cm³/mol. The molecule has 1 aliphatic carbocycles. The summed E-state index contributed by atoms with van der Waals surface area (Å²) >= 11 is 0. The summed E-state index contributed by atoms with van der Waals surface area (Å²) in [5.74, 6) is -0.923. The zero-order valence-electron chi connectivity index (χ0n) is 10.9. The highest BCUT2D eigenvalue weighted by molar-refractivity contribution is 5.74. The lowest BCUT2D eigenvalue weighted by molar-refractivity contribution is -0.140. The number of hydrogen-bond acceptors (Lipinski definition) is 3. The lowest BCUT2D eigenvalue weighted by atomic mass is 10.0. The molecule has 2 aliphatic rings. The van der Waals surface area contributed by atoms with E-state index in [0.29, 0.717) is 6.54 Å². The average Bonchev–Trinajstić information content (AvgIpc) is 2.49. The number of aliphatic carboxylic acids is 1. The number of rotatable bonds is 3. The van der Waals surface area contributed by atoms with Gasteiger partial charge >= 0.3 is 12.1 Å². The van der Waals surface area contributed by atoms with Gasteiger partial charge < -0.3 is 14.7 Å². The molecule has 1 amide bonds. The number of carboxylic acid groups (broad SMARTS) is 1. The number of carbonyl (C=O) groups is 2. The fourth-order valence-corrected chi connectivity index (χ4v) is 2.99. The molecule has 0 aromatic heterocycles. The van der Waals surface area contributed by atoms with Gasteiger partial charge in [0.05, 0.1) is 13.0 Å². The first-order chi connectivity index (χ1) is 8.50. The second-order valence-corrected chi connectivity index (χ2v) is 5.66. The molecule has 0 radical (unpaired) electrons. The van der Waals surface area contributed by atoms with Crippen molar-refractivity contribution in [3.8, 4) is 0 Å². The molecular formula is C13H21NO4. The molecule has 18 heavy (non-hydrogen) atoms. The van der Waals surface area contributed by atoms with E-state index in [4.69, 9.17) is 9.84 Å². The maximum Gasteiger partial charge on any atom is 0.410 e.